The molecule has 0 spiro atoms. The second kappa shape index (κ2) is 6.87. The number of halogens is 2. The Labute approximate surface area is 157 Å². The molecule has 2 aromatic rings. The minimum Gasteiger partial charge on any atom is -0.322 e. The van der Waals surface area contributed by atoms with Gasteiger partial charge in [0.05, 0.1) is 5.69 Å². The summed E-state index contributed by atoms with van der Waals surface area (Å²) in [7, 11) is 0. The molecule has 2 N–H and O–H groups in total. The molecule has 134 valence electrons. The van der Waals surface area contributed by atoms with E-state index >= 15 is 0 Å². The van der Waals surface area contributed by atoms with Crippen molar-refractivity contribution in [2.45, 2.75) is 12.5 Å². The fourth-order valence-electron chi connectivity index (χ4n) is 2.73. The van der Waals surface area contributed by atoms with Crippen molar-refractivity contribution in [3.8, 4) is 0 Å². The Bertz CT molecular complexity index is 891. The average molecular weight is 420 g/mol. The van der Waals surface area contributed by atoms with Crippen LogP contribution in [0.4, 0.5) is 14.9 Å². The van der Waals surface area contributed by atoms with Gasteiger partial charge in [0, 0.05) is 4.47 Å². The maximum Gasteiger partial charge on any atom is 0.325 e. The van der Waals surface area contributed by atoms with Gasteiger partial charge in [-0.15, -0.1) is 0 Å². The zero-order valence-corrected chi connectivity index (χ0v) is 15.3. The van der Waals surface area contributed by atoms with E-state index in [-0.39, 0.29) is 5.69 Å². The topological polar surface area (TPSA) is 78.5 Å². The van der Waals surface area contributed by atoms with Crippen molar-refractivity contribution in [2.24, 2.45) is 0 Å². The van der Waals surface area contributed by atoms with Gasteiger partial charge in [-0.25, -0.2) is 9.18 Å². The number of carbonyl (C=O) groups is 3. The molecule has 26 heavy (non-hydrogen) atoms. The van der Waals surface area contributed by atoms with E-state index in [4.69, 9.17) is 0 Å². The van der Waals surface area contributed by atoms with Crippen LogP contribution in [0.5, 0.6) is 0 Å². The third-order valence-electron chi connectivity index (χ3n) is 4.13. The van der Waals surface area contributed by atoms with Crippen molar-refractivity contribution >= 4 is 39.5 Å². The van der Waals surface area contributed by atoms with Gasteiger partial charge in [-0.2, -0.15) is 0 Å². The number of nitrogens with zero attached hydrogens (tertiary/aromatic N) is 1. The highest BCUT2D eigenvalue weighted by Gasteiger charge is 2.49. The van der Waals surface area contributed by atoms with Gasteiger partial charge in [-0.05, 0) is 30.7 Å². The first-order valence-electron chi connectivity index (χ1n) is 7.76. The summed E-state index contributed by atoms with van der Waals surface area (Å²) in [6.07, 6.45) is 0. The smallest absolute Gasteiger partial charge is 0.322 e. The van der Waals surface area contributed by atoms with Gasteiger partial charge in [-0.3, -0.25) is 14.5 Å². The molecule has 0 unspecified atom stereocenters. The molecule has 0 bridgehead atoms. The number of hydrogen-bond acceptors (Lipinski definition) is 3. The second-order valence-electron chi connectivity index (χ2n) is 5.98. The van der Waals surface area contributed by atoms with Gasteiger partial charge in [0.25, 0.3) is 5.91 Å². The molecule has 0 aliphatic carbocycles. The van der Waals surface area contributed by atoms with Gasteiger partial charge in [0.15, 0.2) is 0 Å². The molecular weight excluding hydrogens is 405 g/mol. The van der Waals surface area contributed by atoms with E-state index in [1.165, 1.54) is 12.1 Å². The Morgan fingerprint density at radius 1 is 1.23 bits per heavy atom. The molecule has 6 nitrogen and oxygen atoms in total. The molecule has 1 heterocycles. The second-order valence-corrected chi connectivity index (χ2v) is 6.90. The van der Waals surface area contributed by atoms with Crippen LogP contribution in [0.15, 0.2) is 53.0 Å². The van der Waals surface area contributed by atoms with Crippen LogP contribution >= 0.6 is 15.9 Å². The molecule has 0 radical (unpaired) electrons. The van der Waals surface area contributed by atoms with E-state index < -0.39 is 35.7 Å². The normalized spacial score (nSPS) is 19.4. The summed E-state index contributed by atoms with van der Waals surface area (Å²) in [5.41, 5.74) is -0.669. The van der Waals surface area contributed by atoms with E-state index in [2.05, 4.69) is 26.6 Å². The minimum atomic E-state index is -1.25. The molecule has 1 saturated heterocycles. The molecule has 2 aromatic carbocycles. The van der Waals surface area contributed by atoms with Gasteiger partial charge in [0.1, 0.15) is 17.9 Å². The van der Waals surface area contributed by atoms with Crippen LogP contribution in [-0.2, 0) is 15.1 Å². The van der Waals surface area contributed by atoms with Crippen LogP contribution in [0.1, 0.15) is 12.5 Å². The minimum absolute atomic E-state index is 0.0314. The zero-order valence-electron chi connectivity index (χ0n) is 13.8. The molecule has 1 atom stereocenters. The fourth-order valence-corrected chi connectivity index (χ4v) is 3.07. The summed E-state index contributed by atoms with van der Waals surface area (Å²) in [6, 6.07) is 12.2. The van der Waals surface area contributed by atoms with Crippen LogP contribution in [0, 0.1) is 5.82 Å². The third-order valence-corrected chi connectivity index (χ3v) is 4.63. The number of imide groups is 1. The number of carbonyl (C=O) groups excluding carboxylic acids is 3. The van der Waals surface area contributed by atoms with Crippen molar-refractivity contribution in [2.75, 3.05) is 11.9 Å². The van der Waals surface area contributed by atoms with E-state index in [9.17, 15) is 18.8 Å². The van der Waals surface area contributed by atoms with Gasteiger partial charge < -0.3 is 10.6 Å². The van der Waals surface area contributed by atoms with Crippen LogP contribution in [-0.4, -0.2) is 29.3 Å². The molecule has 1 fully saturated rings. The summed E-state index contributed by atoms with van der Waals surface area (Å²) in [5, 5.41) is 4.98. The Balaban J connectivity index is 1.74. The highest BCUT2D eigenvalue weighted by atomic mass is 79.9. The number of anilines is 1. The number of nitrogens with one attached hydrogen (secondary N) is 2. The lowest BCUT2D eigenvalue weighted by molar-refractivity contribution is -0.133. The number of benzene rings is 2. The standard InChI is InChI=1S/C18H15BrFN3O3/c1-18(11-5-3-2-4-6-11)16(25)23(17(26)22-18)10-15(24)21-14-8-7-12(19)9-13(14)20/h2-9H,10H2,1H3,(H,21,24)(H,22,26)/t18-/m0/s1. The summed E-state index contributed by atoms with van der Waals surface area (Å²) in [5.74, 6) is -1.84. The van der Waals surface area contributed by atoms with Crippen molar-refractivity contribution < 1.29 is 18.8 Å². The molecule has 1 aliphatic rings. The maximum absolute atomic E-state index is 13.8. The first kappa shape index (κ1) is 18.1. The SMILES string of the molecule is C[C@@]1(c2ccccc2)NC(=O)N(CC(=O)Nc2ccc(Br)cc2F)C1=O. The van der Waals surface area contributed by atoms with E-state index in [1.807, 2.05) is 0 Å². The largest absolute Gasteiger partial charge is 0.325 e. The lowest BCUT2D eigenvalue weighted by Crippen LogP contribution is -2.42. The summed E-state index contributed by atoms with van der Waals surface area (Å²) >= 11 is 3.13. The fraction of sp³-hybridized carbons (Fsp3) is 0.167. The molecule has 8 heteroatoms. The predicted octanol–water partition coefficient (Wildman–Crippen LogP) is 2.99. The molecule has 4 amide bonds. The molecule has 1 aliphatic heterocycles. The molecule has 0 saturated carbocycles. The zero-order chi connectivity index (χ0) is 18.9. The van der Waals surface area contributed by atoms with E-state index in [0.29, 0.717) is 10.0 Å². The summed E-state index contributed by atoms with van der Waals surface area (Å²) in [4.78, 5) is 37.9. The lowest BCUT2D eigenvalue weighted by Gasteiger charge is -2.22. The number of urea groups is 1. The Hall–Kier alpha value is -2.74. The van der Waals surface area contributed by atoms with Gasteiger partial charge in [-0.1, -0.05) is 46.3 Å². The first-order chi connectivity index (χ1) is 12.3. The molecule has 0 aromatic heterocycles. The van der Waals surface area contributed by atoms with Crippen molar-refractivity contribution in [3.63, 3.8) is 0 Å². The summed E-state index contributed by atoms with van der Waals surface area (Å²) < 4.78 is 14.3. The van der Waals surface area contributed by atoms with Gasteiger partial charge >= 0.3 is 6.03 Å². The van der Waals surface area contributed by atoms with Crippen molar-refractivity contribution in [1.29, 1.82) is 0 Å². The molecular formula is C18H15BrFN3O3. The summed E-state index contributed by atoms with van der Waals surface area (Å²) in [6.45, 7) is 1.07. The van der Waals surface area contributed by atoms with E-state index in [0.717, 1.165) is 4.90 Å². The van der Waals surface area contributed by atoms with E-state index in [1.54, 1.807) is 43.3 Å². The molecule has 3 rings (SSSR count). The van der Waals surface area contributed by atoms with Crippen LogP contribution in [0.2, 0.25) is 0 Å². The van der Waals surface area contributed by atoms with Crippen LogP contribution in [0.3, 0.4) is 0 Å². The third kappa shape index (κ3) is 3.32. The Morgan fingerprint density at radius 2 is 1.92 bits per heavy atom. The van der Waals surface area contributed by atoms with Crippen molar-refractivity contribution in [3.05, 3.63) is 64.4 Å². The number of rotatable bonds is 4. The highest BCUT2D eigenvalue weighted by Crippen LogP contribution is 2.28. The van der Waals surface area contributed by atoms with Crippen molar-refractivity contribution in [1.82, 2.24) is 10.2 Å². The Kier molecular flexibility index (Phi) is 4.78. The number of hydrogen-bond donors (Lipinski definition) is 2. The first-order valence-corrected chi connectivity index (χ1v) is 8.55. The van der Waals surface area contributed by atoms with Gasteiger partial charge in [0.2, 0.25) is 5.91 Å². The van der Waals surface area contributed by atoms with Crippen LogP contribution < -0.4 is 10.6 Å². The number of amides is 4. The monoisotopic (exact) mass is 419 g/mol. The van der Waals surface area contributed by atoms with Crippen LogP contribution in [0.25, 0.3) is 0 Å². The highest BCUT2D eigenvalue weighted by molar-refractivity contribution is 9.10. The lowest BCUT2D eigenvalue weighted by atomic mass is 9.92. The average Bonchev–Trinajstić information content (AvgIpc) is 2.82. The maximum atomic E-state index is 13.8. The quantitative estimate of drug-likeness (QED) is 0.747. The Morgan fingerprint density at radius 3 is 2.58 bits per heavy atom. The predicted molar refractivity (Wildman–Crippen MR) is 96.8 cm³/mol.